The van der Waals surface area contributed by atoms with Crippen LogP contribution in [-0.2, 0) is 5.75 Å². The van der Waals surface area contributed by atoms with Crippen LogP contribution in [0.3, 0.4) is 0 Å². The molecule has 2 aromatic rings. The monoisotopic (exact) mass is 313 g/mol. The van der Waals surface area contributed by atoms with Crippen LogP contribution >= 0.6 is 11.8 Å². The highest BCUT2D eigenvalue weighted by atomic mass is 32.2. The summed E-state index contributed by atoms with van der Waals surface area (Å²) in [4.78, 5) is 0. The van der Waals surface area contributed by atoms with Gasteiger partial charge in [-0.25, -0.2) is 0 Å². The SMILES string of the molecule is NC(=NN=Cc1ccc(B(O)O)cc1)SCc1ccccc1. The Bertz CT molecular complexity index is 646. The van der Waals surface area contributed by atoms with Crippen LogP contribution in [0.1, 0.15) is 11.1 Å². The van der Waals surface area contributed by atoms with E-state index in [4.69, 9.17) is 15.8 Å². The molecule has 0 aliphatic carbocycles. The van der Waals surface area contributed by atoms with Crippen LogP contribution in [0.4, 0.5) is 0 Å². The van der Waals surface area contributed by atoms with E-state index in [2.05, 4.69) is 10.2 Å². The summed E-state index contributed by atoms with van der Waals surface area (Å²) in [6, 6.07) is 16.7. The summed E-state index contributed by atoms with van der Waals surface area (Å²) in [5.41, 5.74) is 8.19. The van der Waals surface area contributed by atoms with Crippen molar-refractivity contribution in [2.75, 3.05) is 0 Å². The molecule has 22 heavy (non-hydrogen) atoms. The molecular formula is C15H16BN3O2S. The lowest BCUT2D eigenvalue weighted by Crippen LogP contribution is -2.29. The van der Waals surface area contributed by atoms with Gasteiger partial charge in [0.15, 0.2) is 5.17 Å². The number of nitrogens with two attached hydrogens (primary N) is 1. The Morgan fingerprint density at radius 3 is 2.41 bits per heavy atom. The zero-order valence-corrected chi connectivity index (χ0v) is 12.6. The lowest BCUT2D eigenvalue weighted by atomic mass is 9.80. The minimum absolute atomic E-state index is 0.391. The Labute approximate surface area is 133 Å². The van der Waals surface area contributed by atoms with Gasteiger partial charge in [-0.3, -0.25) is 0 Å². The Balaban J connectivity index is 1.87. The second-order valence-corrected chi connectivity index (χ2v) is 5.49. The fourth-order valence-electron chi connectivity index (χ4n) is 1.67. The summed E-state index contributed by atoms with van der Waals surface area (Å²) in [6.07, 6.45) is 1.56. The second-order valence-electron chi connectivity index (χ2n) is 4.50. The zero-order chi connectivity index (χ0) is 15.8. The smallest absolute Gasteiger partial charge is 0.423 e. The summed E-state index contributed by atoms with van der Waals surface area (Å²) >= 11 is 1.42. The minimum atomic E-state index is -1.46. The summed E-state index contributed by atoms with van der Waals surface area (Å²) in [5.74, 6) is 0.745. The van der Waals surface area contributed by atoms with Crippen molar-refractivity contribution in [2.45, 2.75) is 5.75 Å². The van der Waals surface area contributed by atoms with Crippen molar-refractivity contribution in [1.82, 2.24) is 0 Å². The third kappa shape index (κ3) is 5.36. The molecule has 0 saturated carbocycles. The van der Waals surface area contributed by atoms with E-state index < -0.39 is 7.12 Å². The highest BCUT2D eigenvalue weighted by Gasteiger charge is 2.08. The van der Waals surface area contributed by atoms with Gasteiger partial charge >= 0.3 is 7.12 Å². The van der Waals surface area contributed by atoms with Gasteiger partial charge in [0.25, 0.3) is 0 Å². The molecule has 0 amide bonds. The van der Waals surface area contributed by atoms with Gasteiger partial charge < -0.3 is 15.8 Å². The summed E-state index contributed by atoms with van der Waals surface area (Å²) in [6.45, 7) is 0. The third-order valence-electron chi connectivity index (χ3n) is 2.83. The van der Waals surface area contributed by atoms with Crippen molar-refractivity contribution in [1.29, 1.82) is 0 Å². The van der Waals surface area contributed by atoms with Crippen LogP contribution in [0, 0.1) is 0 Å². The maximum absolute atomic E-state index is 9.00. The van der Waals surface area contributed by atoms with Gasteiger partial charge in [0.05, 0.1) is 6.21 Å². The molecule has 0 atom stereocenters. The van der Waals surface area contributed by atoms with Gasteiger partial charge in [0.1, 0.15) is 0 Å². The molecule has 0 aromatic heterocycles. The lowest BCUT2D eigenvalue weighted by Gasteiger charge is -1.99. The zero-order valence-electron chi connectivity index (χ0n) is 11.8. The number of amidine groups is 1. The number of nitrogens with zero attached hydrogens (tertiary/aromatic N) is 2. The van der Waals surface area contributed by atoms with Crippen molar-refractivity contribution in [3.05, 3.63) is 65.7 Å². The quantitative estimate of drug-likeness (QED) is 0.332. The highest BCUT2D eigenvalue weighted by molar-refractivity contribution is 8.13. The molecule has 5 nitrogen and oxygen atoms in total. The van der Waals surface area contributed by atoms with Crippen LogP contribution < -0.4 is 11.2 Å². The topological polar surface area (TPSA) is 91.2 Å². The summed E-state index contributed by atoms with van der Waals surface area (Å²) < 4.78 is 0. The van der Waals surface area contributed by atoms with E-state index in [1.165, 1.54) is 17.3 Å². The number of benzene rings is 2. The van der Waals surface area contributed by atoms with Crippen molar-refractivity contribution in [2.24, 2.45) is 15.9 Å². The first kappa shape index (κ1) is 16.3. The van der Waals surface area contributed by atoms with Gasteiger partial charge in [-0.05, 0) is 16.6 Å². The number of hydrogen-bond acceptors (Lipinski definition) is 5. The third-order valence-corrected chi connectivity index (χ3v) is 3.68. The fraction of sp³-hybridized carbons (Fsp3) is 0.0667. The molecule has 0 aliphatic rings. The van der Waals surface area contributed by atoms with Gasteiger partial charge in [-0.1, -0.05) is 66.4 Å². The molecule has 0 spiro atoms. The van der Waals surface area contributed by atoms with Gasteiger partial charge in [-0.2, -0.15) is 5.10 Å². The first-order chi connectivity index (χ1) is 10.6. The molecule has 0 radical (unpaired) electrons. The van der Waals surface area contributed by atoms with E-state index in [-0.39, 0.29) is 0 Å². The second kappa shape index (κ2) is 8.38. The maximum atomic E-state index is 9.00. The predicted octanol–water partition coefficient (Wildman–Crippen LogP) is 0.948. The average molecular weight is 313 g/mol. The maximum Gasteiger partial charge on any atom is 0.488 e. The number of rotatable bonds is 5. The Morgan fingerprint density at radius 2 is 1.77 bits per heavy atom. The molecule has 7 heteroatoms. The van der Waals surface area contributed by atoms with Crippen LogP contribution in [0.25, 0.3) is 0 Å². The van der Waals surface area contributed by atoms with E-state index in [1.807, 2.05) is 30.3 Å². The molecular weight excluding hydrogens is 297 g/mol. The number of hydrogen-bond donors (Lipinski definition) is 3. The molecule has 0 unspecified atom stereocenters. The van der Waals surface area contributed by atoms with Crippen molar-refractivity contribution >= 4 is 35.7 Å². The molecule has 0 heterocycles. The minimum Gasteiger partial charge on any atom is -0.423 e. The summed E-state index contributed by atoms with van der Waals surface area (Å²) in [7, 11) is -1.46. The molecule has 4 N–H and O–H groups in total. The molecule has 0 saturated heterocycles. The molecule has 112 valence electrons. The lowest BCUT2D eigenvalue weighted by molar-refractivity contribution is 0.426. The largest absolute Gasteiger partial charge is 0.488 e. The van der Waals surface area contributed by atoms with Crippen molar-refractivity contribution in [3.8, 4) is 0 Å². The van der Waals surface area contributed by atoms with Crippen LogP contribution in [0.2, 0.25) is 0 Å². The van der Waals surface area contributed by atoms with Gasteiger partial charge in [0.2, 0.25) is 0 Å². The van der Waals surface area contributed by atoms with E-state index >= 15 is 0 Å². The van der Waals surface area contributed by atoms with Crippen molar-refractivity contribution in [3.63, 3.8) is 0 Å². The molecule has 0 fully saturated rings. The van der Waals surface area contributed by atoms with Gasteiger partial charge in [0, 0.05) is 5.75 Å². The Kier molecular flexibility index (Phi) is 6.20. The van der Waals surface area contributed by atoms with E-state index in [1.54, 1.807) is 30.5 Å². The van der Waals surface area contributed by atoms with E-state index in [0.29, 0.717) is 10.6 Å². The predicted molar refractivity (Wildman–Crippen MR) is 93.2 cm³/mol. The van der Waals surface area contributed by atoms with Crippen molar-refractivity contribution < 1.29 is 10.0 Å². The Hall–Kier alpha value is -2.09. The fourth-order valence-corrected chi connectivity index (χ4v) is 2.28. The molecule has 0 aliphatic heterocycles. The summed E-state index contributed by atoms with van der Waals surface area (Å²) in [5, 5.41) is 26.2. The normalized spacial score (nSPS) is 11.8. The standard InChI is InChI=1S/C15H16BN3O2S/c17-15(22-11-13-4-2-1-3-5-13)19-18-10-12-6-8-14(9-7-12)16(20)21/h1-10,20-21H,11H2,(H2,17,19). The van der Waals surface area contributed by atoms with E-state index in [0.717, 1.165) is 11.3 Å². The molecule has 0 bridgehead atoms. The molecule has 2 rings (SSSR count). The highest BCUT2D eigenvalue weighted by Crippen LogP contribution is 2.11. The van der Waals surface area contributed by atoms with Crippen LogP contribution in [0.15, 0.2) is 64.8 Å². The van der Waals surface area contributed by atoms with Crippen LogP contribution in [-0.4, -0.2) is 28.5 Å². The Morgan fingerprint density at radius 1 is 1.09 bits per heavy atom. The van der Waals surface area contributed by atoms with Gasteiger partial charge in [-0.15, -0.1) is 5.10 Å². The first-order valence-corrected chi connectivity index (χ1v) is 7.63. The van der Waals surface area contributed by atoms with Crippen LogP contribution in [0.5, 0.6) is 0 Å². The average Bonchev–Trinajstić information content (AvgIpc) is 2.54. The number of thioether (sulfide) groups is 1. The molecule has 2 aromatic carbocycles. The first-order valence-electron chi connectivity index (χ1n) is 6.64. The van der Waals surface area contributed by atoms with E-state index in [9.17, 15) is 0 Å².